The van der Waals surface area contributed by atoms with Gasteiger partial charge in [-0.15, -0.1) is 0 Å². The summed E-state index contributed by atoms with van der Waals surface area (Å²) in [6, 6.07) is 0. The summed E-state index contributed by atoms with van der Waals surface area (Å²) in [5, 5.41) is 0. The number of hydrogen-bond acceptors (Lipinski definition) is 1. The Morgan fingerprint density at radius 3 is 2.35 bits per heavy atom. The van der Waals surface area contributed by atoms with Crippen LogP contribution >= 0.6 is 0 Å². The minimum absolute atomic E-state index is 0.506. The second-order valence-electron chi connectivity index (χ2n) is 6.94. The number of imidazole rings is 1. The van der Waals surface area contributed by atoms with Gasteiger partial charge in [0.05, 0.1) is 6.33 Å². The first-order valence-electron chi connectivity index (χ1n) is 8.74. The van der Waals surface area contributed by atoms with Crippen LogP contribution < -0.4 is 0 Å². The number of rotatable bonds is 8. The number of aromatic nitrogens is 2. The highest BCUT2D eigenvalue weighted by Crippen LogP contribution is 2.42. The molecule has 0 atom stereocenters. The van der Waals surface area contributed by atoms with E-state index in [1.54, 1.807) is 0 Å². The lowest BCUT2D eigenvalue weighted by atomic mass is 9.69. The Labute approximate surface area is 125 Å². The molecule has 2 nitrogen and oxygen atoms in total. The summed E-state index contributed by atoms with van der Waals surface area (Å²) < 4.78 is 2.31. The van der Waals surface area contributed by atoms with Gasteiger partial charge in [0.25, 0.3) is 0 Å². The van der Waals surface area contributed by atoms with Crippen LogP contribution in [0.15, 0.2) is 18.7 Å². The van der Waals surface area contributed by atoms with E-state index in [1.165, 1.54) is 70.8 Å². The molecule has 0 amide bonds. The van der Waals surface area contributed by atoms with E-state index in [0.29, 0.717) is 5.41 Å². The molecule has 0 radical (unpaired) electrons. The largest absolute Gasteiger partial charge is 0.337 e. The molecule has 1 aliphatic carbocycles. The van der Waals surface area contributed by atoms with Gasteiger partial charge in [-0.1, -0.05) is 58.8 Å². The Kier molecular flexibility index (Phi) is 6.12. The van der Waals surface area contributed by atoms with Crippen molar-refractivity contribution >= 4 is 0 Å². The zero-order valence-corrected chi connectivity index (χ0v) is 13.5. The van der Waals surface area contributed by atoms with E-state index in [2.05, 4.69) is 29.6 Å². The summed E-state index contributed by atoms with van der Waals surface area (Å²) in [7, 11) is 0. The summed E-state index contributed by atoms with van der Waals surface area (Å²) in [5.41, 5.74) is 0.506. The summed E-state index contributed by atoms with van der Waals surface area (Å²) in [5.74, 6) is 0.977. The lowest BCUT2D eigenvalue weighted by Crippen LogP contribution is -2.30. The Balaban J connectivity index is 2.07. The van der Waals surface area contributed by atoms with Gasteiger partial charge < -0.3 is 4.57 Å². The lowest BCUT2D eigenvalue weighted by molar-refractivity contribution is 0.127. The zero-order valence-electron chi connectivity index (χ0n) is 13.5. The first kappa shape index (κ1) is 15.6. The maximum Gasteiger partial charge on any atom is 0.0946 e. The van der Waals surface area contributed by atoms with Gasteiger partial charge in [-0.25, -0.2) is 4.98 Å². The lowest BCUT2D eigenvalue weighted by Gasteiger charge is -2.38. The van der Waals surface area contributed by atoms with Gasteiger partial charge in [0.1, 0.15) is 0 Å². The fourth-order valence-electron chi connectivity index (χ4n) is 4.38. The highest BCUT2D eigenvalue weighted by molar-refractivity contribution is 4.86. The molecule has 114 valence electrons. The maximum absolute atomic E-state index is 4.24. The molecule has 0 spiro atoms. The predicted molar refractivity (Wildman–Crippen MR) is 85.7 cm³/mol. The molecule has 0 aromatic carbocycles. The van der Waals surface area contributed by atoms with Gasteiger partial charge in [-0.3, -0.25) is 0 Å². The first-order chi connectivity index (χ1) is 9.78. The molecule has 1 saturated carbocycles. The summed E-state index contributed by atoms with van der Waals surface area (Å²) in [6.07, 6.45) is 20.2. The molecule has 2 heteroatoms. The number of nitrogens with zero attached hydrogens (tertiary/aromatic N) is 2. The molecule has 1 fully saturated rings. The Bertz CT molecular complexity index is 344. The predicted octanol–water partition coefficient (Wildman–Crippen LogP) is 5.44. The second-order valence-corrected chi connectivity index (χ2v) is 6.94. The van der Waals surface area contributed by atoms with Crippen LogP contribution in [0.4, 0.5) is 0 Å². The van der Waals surface area contributed by atoms with Crippen LogP contribution in [-0.4, -0.2) is 9.55 Å². The molecule has 2 rings (SSSR count). The molecule has 20 heavy (non-hydrogen) atoms. The van der Waals surface area contributed by atoms with Crippen LogP contribution in [0.25, 0.3) is 0 Å². The first-order valence-corrected chi connectivity index (χ1v) is 8.74. The normalized spacial score (nSPS) is 17.5. The van der Waals surface area contributed by atoms with Crippen LogP contribution in [0.3, 0.4) is 0 Å². The van der Waals surface area contributed by atoms with E-state index in [-0.39, 0.29) is 0 Å². The molecule has 0 N–H and O–H groups in total. The average molecular weight is 276 g/mol. The molecule has 1 aromatic rings. The fraction of sp³-hybridized carbons (Fsp3) is 0.833. The molecule has 1 aromatic heterocycles. The summed E-state index contributed by atoms with van der Waals surface area (Å²) in [6.45, 7) is 5.86. The summed E-state index contributed by atoms with van der Waals surface area (Å²) >= 11 is 0. The topological polar surface area (TPSA) is 17.8 Å². The molecule has 1 heterocycles. The van der Waals surface area contributed by atoms with Crippen molar-refractivity contribution in [2.75, 3.05) is 0 Å². The minimum atomic E-state index is 0.506. The maximum atomic E-state index is 4.24. The van der Waals surface area contributed by atoms with Gasteiger partial charge in [-0.2, -0.15) is 0 Å². The quantitative estimate of drug-likeness (QED) is 0.618. The third-order valence-electron chi connectivity index (χ3n) is 5.08. The van der Waals surface area contributed by atoms with Gasteiger partial charge in [0, 0.05) is 18.9 Å². The van der Waals surface area contributed by atoms with Crippen molar-refractivity contribution in [2.45, 2.75) is 84.6 Å². The molecule has 1 aliphatic rings. The standard InChI is InChI=1S/C18H32N2/c1-3-10-18(11-4-2,15-20-13-12-19-16-20)14-17-8-6-5-7-9-17/h12-13,16-17H,3-11,14-15H2,1-2H3. The van der Waals surface area contributed by atoms with Crippen molar-refractivity contribution in [2.24, 2.45) is 11.3 Å². The Morgan fingerprint density at radius 2 is 1.80 bits per heavy atom. The molecular weight excluding hydrogens is 244 g/mol. The van der Waals surface area contributed by atoms with Gasteiger partial charge >= 0.3 is 0 Å². The second kappa shape index (κ2) is 7.85. The SMILES string of the molecule is CCCC(CCC)(CC1CCCCC1)Cn1ccnc1. The van der Waals surface area contributed by atoms with Crippen molar-refractivity contribution in [3.63, 3.8) is 0 Å². The third kappa shape index (κ3) is 4.36. The highest BCUT2D eigenvalue weighted by Gasteiger charge is 2.32. The van der Waals surface area contributed by atoms with Crippen LogP contribution in [0, 0.1) is 11.3 Å². The Hall–Kier alpha value is -0.790. The van der Waals surface area contributed by atoms with E-state index in [1.807, 2.05) is 12.5 Å². The van der Waals surface area contributed by atoms with Crippen molar-refractivity contribution in [1.82, 2.24) is 9.55 Å². The van der Waals surface area contributed by atoms with Gasteiger partial charge in [-0.05, 0) is 30.6 Å². The molecule has 0 bridgehead atoms. The van der Waals surface area contributed by atoms with Crippen LogP contribution in [0.5, 0.6) is 0 Å². The third-order valence-corrected chi connectivity index (χ3v) is 5.08. The monoisotopic (exact) mass is 276 g/mol. The smallest absolute Gasteiger partial charge is 0.0946 e. The van der Waals surface area contributed by atoms with E-state index >= 15 is 0 Å². The zero-order chi connectivity index (χ0) is 14.3. The van der Waals surface area contributed by atoms with Crippen molar-refractivity contribution in [1.29, 1.82) is 0 Å². The van der Waals surface area contributed by atoms with Crippen LogP contribution in [0.2, 0.25) is 0 Å². The van der Waals surface area contributed by atoms with Crippen molar-refractivity contribution < 1.29 is 0 Å². The average Bonchev–Trinajstić information content (AvgIpc) is 2.93. The molecule has 0 unspecified atom stereocenters. The molecular formula is C18H32N2. The molecule has 0 aliphatic heterocycles. The number of hydrogen-bond donors (Lipinski definition) is 0. The summed E-state index contributed by atoms with van der Waals surface area (Å²) in [4.78, 5) is 4.24. The van der Waals surface area contributed by atoms with Gasteiger partial charge in [0.2, 0.25) is 0 Å². The fourth-order valence-corrected chi connectivity index (χ4v) is 4.38. The van der Waals surface area contributed by atoms with Crippen molar-refractivity contribution in [3.8, 4) is 0 Å². The molecule has 0 saturated heterocycles. The van der Waals surface area contributed by atoms with E-state index < -0.39 is 0 Å². The minimum Gasteiger partial charge on any atom is -0.337 e. The highest BCUT2D eigenvalue weighted by atomic mass is 15.0. The van der Waals surface area contributed by atoms with E-state index in [0.717, 1.165) is 5.92 Å². The van der Waals surface area contributed by atoms with Crippen molar-refractivity contribution in [3.05, 3.63) is 18.7 Å². The van der Waals surface area contributed by atoms with E-state index in [9.17, 15) is 0 Å². The van der Waals surface area contributed by atoms with E-state index in [4.69, 9.17) is 0 Å². The van der Waals surface area contributed by atoms with Gasteiger partial charge in [0.15, 0.2) is 0 Å². The van der Waals surface area contributed by atoms with Crippen LogP contribution in [0.1, 0.15) is 78.1 Å². The Morgan fingerprint density at radius 1 is 1.10 bits per heavy atom. The van der Waals surface area contributed by atoms with Crippen LogP contribution in [-0.2, 0) is 6.54 Å².